The van der Waals surface area contributed by atoms with Gasteiger partial charge < -0.3 is 16.0 Å². The molecule has 8 heteroatoms. The predicted molar refractivity (Wildman–Crippen MR) is 65.6 cm³/mol. The van der Waals surface area contributed by atoms with Crippen LogP contribution in [0.15, 0.2) is 30.6 Å². The van der Waals surface area contributed by atoms with Gasteiger partial charge >= 0.3 is 6.18 Å². The number of alkyl halides is 3. The third-order valence-electron chi connectivity index (χ3n) is 2.63. The number of aromatic nitrogens is 2. The fourth-order valence-corrected chi connectivity index (χ4v) is 1.66. The van der Waals surface area contributed by atoms with Gasteiger partial charge in [-0.1, -0.05) is 6.07 Å². The first-order valence-electron chi connectivity index (χ1n) is 5.61. The van der Waals surface area contributed by atoms with Gasteiger partial charge in [0.05, 0.1) is 23.4 Å². The number of rotatable bonds is 3. The summed E-state index contributed by atoms with van der Waals surface area (Å²) in [6.45, 7) is 0.0710. The fourth-order valence-electron chi connectivity index (χ4n) is 1.66. The van der Waals surface area contributed by atoms with Crippen molar-refractivity contribution in [3.63, 3.8) is 0 Å². The van der Waals surface area contributed by atoms with E-state index in [-0.39, 0.29) is 12.1 Å². The fraction of sp³-hybridized carbons (Fsp3) is 0.167. The number of nitrogens with zero attached hydrogens (tertiary/aromatic N) is 1. The van der Waals surface area contributed by atoms with E-state index in [0.29, 0.717) is 5.82 Å². The zero-order valence-electron chi connectivity index (χ0n) is 10.2. The van der Waals surface area contributed by atoms with Crippen LogP contribution in [0.2, 0.25) is 0 Å². The van der Waals surface area contributed by atoms with Crippen LogP contribution in [0.5, 0.6) is 0 Å². The molecule has 1 heterocycles. The van der Waals surface area contributed by atoms with Gasteiger partial charge in [0.1, 0.15) is 5.82 Å². The summed E-state index contributed by atoms with van der Waals surface area (Å²) in [5.74, 6) is -0.200. The molecule has 1 aromatic heterocycles. The lowest BCUT2D eigenvalue weighted by Gasteiger charge is -2.13. The molecule has 5 nitrogen and oxygen atoms in total. The third kappa shape index (κ3) is 2.90. The second kappa shape index (κ2) is 5.24. The van der Waals surface area contributed by atoms with Gasteiger partial charge in [0, 0.05) is 12.4 Å². The van der Waals surface area contributed by atoms with E-state index in [1.807, 2.05) is 0 Å². The molecule has 0 unspecified atom stereocenters. The topological polar surface area (TPSA) is 83.8 Å². The zero-order valence-corrected chi connectivity index (χ0v) is 10.2. The molecule has 4 N–H and O–H groups in total. The lowest BCUT2D eigenvalue weighted by Crippen LogP contribution is -2.25. The van der Waals surface area contributed by atoms with Crippen LogP contribution in [-0.2, 0) is 12.7 Å². The van der Waals surface area contributed by atoms with Crippen molar-refractivity contribution < 1.29 is 18.0 Å². The highest BCUT2D eigenvalue weighted by molar-refractivity contribution is 5.99. The normalized spacial score (nSPS) is 11.3. The van der Waals surface area contributed by atoms with E-state index in [1.54, 1.807) is 6.20 Å². The first-order chi connectivity index (χ1) is 9.39. The van der Waals surface area contributed by atoms with E-state index in [4.69, 9.17) is 5.73 Å². The molecule has 0 aliphatic heterocycles. The summed E-state index contributed by atoms with van der Waals surface area (Å²) in [7, 11) is 0. The van der Waals surface area contributed by atoms with Crippen LogP contribution in [0.4, 0.5) is 18.9 Å². The lowest BCUT2D eigenvalue weighted by molar-refractivity contribution is -0.136. The quantitative estimate of drug-likeness (QED) is 0.753. The maximum absolute atomic E-state index is 12.7. The first kappa shape index (κ1) is 13.9. The highest BCUT2D eigenvalue weighted by atomic mass is 19.4. The Morgan fingerprint density at radius 3 is 2.75 bits per heavy atom. The summed E-state index contributed by atoms with van der Waals surface area (Å²) >= 11 is 0. The highest BCUT2D eigenvalue weighted by Gasteiger charge is 2.34. The van der Waals surface area contributed by atoms with Crippen LogP contribution in [0.1, 0.15) is 21.7 Å². The molecule has 0 radical (unpaired) electrons. The number of H-pyrrole nitrogens is 1. The van der Waals surface area contributed by atoms with Gasteiger partial charge in [0.15, 0.2) is 0 Å². The number of hydrogen-bond acceptors (Lipinski definition) is 3. The summed E-state index contributed by atoms with van der Waals surface area (Å²) < 4.78 is 38.0. The van der Waals surface area contributed by atoms with Crippen molar-refractivity contribution in [1.29, 1.82) is 0 Å². The van der Waals surface area contributed by atoms with Crippen LogP contribution < -0.4 is 11.1 Å². The van der Waals surface area contributed by atoms with Gasteiger partial charge in [-0.25, -0.2) is 4.98 Å². The molecule has 0 spiro atoms. The van der Waals surface area contributed by atoms with Crippen molar-refractivity contribution in [3.05, 3.63) is 47.5 Å². The smallest absolute Gasteiger partial charge is 0.398 e. The monoisotopic (exact) mass is 284 g/mol. The molecule has 2 aromatic rings. The van der Waals surface area contributed by atoms with Crippen molar-refractivity contribution in [2.75, 3.05) is 5.73 Å². The van der Waals surface area contributed by atoms with E-state index in [0.717, 1.165) is 12.1 Å². The molecule has 0 aliphatic rings. The minimum atomic E-state index is -4.60. The summed E-state index contributed by atoms with van der Waals surface area (Å²) in [6.07, 6.45) is -1.53. The van der Waals surface area contributed by atoms with Crippen LogP contribution >= 0.6 is 0 Å². The van der Waals surface area contributed by atoms with Gasteiger partial charge in [-0.15, -0.1) is 0 Å². The standard InChI is InChI=1S/C12H11F3N4O/c13-12(14,15)8-3-1-2-7(10(8)16)11(20)19-6-9-17-4-5-18-9/h1-5H,6,16H2,(H,17,18)(H,19,20). The Hall–Kier alpha value is -2.51. The molecule has 20 heavy (non-hydrogen) atoms. The molecule has 0 bridgehead atoms. The molecule has 0 saturated heterocycles. The van der Waals surface area contributed by atoms with Crippen molar-refractivity contribution in [1.82, 2.24) is 15.3 Å². The lowest BCUT2D eigenvalue weighted by atomic mass is 10.1. The van der Waals surface area contributed by atoms with Gasteiger partial charge in [-0.2, -0.15) is 13.2 Å². The SMILES string of the molecule is Nc1c(C(=O)NCc2ncc[nH]2)cccc1C(F)(F)F. The van der Waals surface area contributed by atoms with Crippen LogP contribution in [0.25, 0.3) is 0 Å². The Balaban J connectivity index is 2.18. The van der Waals surface area contributed by atoms with Crippen molar-refractivity contribution in [2.24, 2.45) is 0 Å². The molecule has 1 amide bonds. The van der Waals surface area contributed by atoms with Gasteiger partial charge in [-0.3, -0.25) is 4.79 Å². The highest BCUT2D eigenvalue weighted by Crippen LogP contribution is 2.34. The molecular formula is C12H11F3N4O. The number of carbonyl (C=O) groups excluding carboxylic acids is 1. The molecule has 0 saturated carbocycles. The van der Waals surface area contributed by atoms with Crippen molar-refractivity contribution >= 4 is 11.6 Å². The zero-order chi connectivity index (χ0) is 14.8. The average molecular weight is 284 g/mol. The molecule has 2 rings (SSSR count). The Morgan fingerprint density at radius 1 is 1.40 bits per heavy atom. The Bertz CT molecular complexity index is 608. The number of benzene rings is 1. The number of halogens is 3. The molecule has 0 atom stereocenters. The van der Waals surface area contributed by atoms with Gasteiger partial charge in [0.2, 0.25) is 0 Å². The first-order valence-corrected chi connectivity index (χ1v) is 5.61. The third-order valence-corrected chi connectivity index (χ3v) is 2.63. The number of nitrogens with one attached hydrogen (secondary N) is 2. The van der Waals surface area contributed by atoms with Crippen LogP contribution in [0, 0.1) is 0 Å². The number of aromatic amines is 1. The van der Waals surface area contributed by atoms with Crippen LogP contribution in [-0.4, -0.2) is 15.9 Å². The van der Waals surface area contributed by atoms with E-state index in [1.165, 1.54) is 12.3 Å². The number of para-hydroxylation sites is 1. The molecular weight excluding hydrogens is 273 g/mol. The number of hydrogen-bond donors (Lipinski definition) is 3. The average Bonchev–Trinajstić information content (AvgIpc) is 2.88. The van der Waals surface area contributed by atoms with Crippen LogP contribution in [0.3, 0.4) is 0 Å². The number of nitrogens with two attached hydrogens (primary N) is 1. The van der Waals surface area contributed by atoms with E-state index in [9.17, 15) is 18.0 Å². The van der Waals surface area contributed by atoms with Gasteiger partial charge in [0.25, 0.3) is 5.91 Å². The number of nitrogen functional groups attached to an aromatic ring is 1. The number of amides is 1. The number of carbonyl (C=O) groups is 1. The number of anilines is 1. The predicted octanol–water partition coefficient (Wildman–Crippen LogP) is 1.94. The molecule has 106 valence electrons. The summed E-state index contributed by atoms with van der Waals surface area (Å²) in [4.78, 5) is 18.5. The summed E-state index contributed by atoms with van der Waals surface area (Å²) in [5, 5.41) is 2.44. The number of imidazole rings is 1. The largest absolute Gasteiger partial charge is 0.418 e. The van der Waals surface area contributed by atoms with E-state index >= 15 is 0 Å². The Labute approximate surface area is 112 Å². The maximum atomic E-state index is 12.7. The molecule has 1 aromatic carbocycles. The minimum Gasteiger partial charge on any atom is -0.398 e. The minimum absolute atomic E-state index is 0.0710. The second-order valence-corrected chi connectivity index (χ2v) is 3.98. The summed E-state index contributed by atoms with van der Waals surface area (Å²) in [5.41, 5.74) is 3.59. The Kier molecular flexibility index (Phi) is 3.64. The molecule has 0 fully saturated rings. The molecule has 0 aliphatic carbocycles. The van der Waals surface area contributed by atoms with E-state index < -0.39 is 23.3 Å². The maximum Gasteiger partial charge on any atom is 0.418 e. The Morgan fingerprint density at radius 2 is 2.15 bits per heavy atom. The second-order valence-electron chi connectivity index (χ2n) is 3.98. The van der Waals surface area contributed by atoms with Gasteiger partial charge in [-0.05, 0) is 12.1 Å². The van der Waals surface area contributed by atoms with E-state index in [2.05, 4.69) is 15.3 Å². The summed E-state index contributed by atoms with van der Waals surface area (Å²) in [6, 6.07) is 3.21. The van der Waals surface area contributed by atoms with Crippen molar-refractivity contribution in [3.8, 4) is 0 Å². The van der Waals surface area contributed by atoms with Crippen molar-refractivity contribution in [2.45, 2.75) is 12.7 Å².